The van der Waals surface area contributed by atoms with E-state index >= 15 is 0 Å². The summed E-state index contributed by atoms with van der Waals surface area (Å²) in [5.74, 6) is 0. The van der Waals surface area contributed by atoms with Crippen LogP contribution in [-0.2, 0) is 42.1 Å². The van der Waals surface area contributed by atoms with Gasteiger partial charge >= 0.3 is 6.18 Å². The fraction of sp³-hybridized carbons (Fsp3) is 1.00. The molecule has 0 radical (unpaired) electrons. The molecule has 0 unspecified atom stereocenters. The smallest absolute Gasteiger partial charge is 0.386 e. The molecule has 0 bridgehead atoms. The number of rotatable bonds is 3. The maximum atomic E-state index is 11.6. The van der Waals surface area contributed by atoms with E-state index in [0.717, 1.165) is 0 Å². The van der Waals surface area contributed by atoms with Gasteiger partial charge in [0.1, 0.15) is 0 Å². The van der Waals surface area contributed by atoms with Crippen LogP contribution in [0.5, 0.6) is 0 Å². The standard InChI is InChI=1S/C5H9F3N2.2Mo/c1-9-4(10-2)3-5(6,7)8;;/h4H,3H2,1-2H3;;/q-2;;. The van der Waals surface area contributed by atoms with Crippen molar-refractivity contribution in [3.8, 4) is 0 Å². The number of alkyl halides is 3. The molecule has 7 heteroatoms. The molecule has 0 saturated heterocycles. The van der Waals surface area contributed by atoms with Gasteiger partial charge in [0.25, 0.3) is 0 Å². The predicted molar refractivity (Wildman–Crippen MR) is 33.0 cm³/mol. The molecule has 0 amide bonds. The van der Waals surface area contributed by atoms with E-state index in [1.165, 1.54) is 14.1 Å². The van der Waals surface area contributed by atoms with E-state index in [9.17, 15) is 13.2 Å². The van der Waals surface area contributed by atoms with Gasteiger partial charge in [-0.05, 0) is 0 Å². The Bertz CT molecular complexity index is 95.2. The summed E-state index contributed by atoms with van der Waals surface area (Å²) in [6.45, 7) is 0. The summed E-state index contributed by atoms with van der Waals surface area (Å²) < 4.78 is 34.7. The fourth-order valence-electron chi connectivity index (χ4n) is 0.505. The van der Waals surface area contributed by atoms with Gasteiger partial charge in [-0.1, -0.05) is 0 Å². The van der Waals surface area contributed by atoms with Crippen molar-refractivity contribution in [2.75, 3.05) is 14.1 Å². The molecule has 2 nitrogen and oxygen atoms in total. The molecule has 74 valence electrons. The van der Waals surface area contributed by atoms with Crippen LogP contribution in [0.4, 0.5) is 13.2 Å². The van der Waals surface area contributed by atoms with Crippen LogP contribution in [0.2, 0.25) is 0 Å². The van der Waals surface area contributed by atoms with Crippen molar-refractivity contribution in [2.45, 2.75) is 18.8 Å². The Labute approximate surface area is 98.6 Å². The minimum atomic E-state index is -4.16. The van der Waals surface area contributed by atoms with Crippen LogP contribution in [-0.4, -0.2) is 26.4 Å². The molecule has 12 heavy (non-hydrogen) atoms. The molecule has 0 aliphatic heterocycles. The Hall–Kier alpha value is 1.09. The largest absolute Gasteiger partial charge is 0.680 e. The zero-order valence-corrected chi connectivity index (χ0v) is 10.6. The quantitative estimate of drug-likeness (QED) is 0.702. The van der Waals surface area contributed by atoms with Crippen molar-refractivity contribution >= 4 is 0 Å². The minimum Gasteiger partial charge on any atom is -0.680 e. The van der Waals surface area contributed by atoms with Crippen molar-refractivity contribution in [2.24, 2.45) is 0 Å². The van der Waals surface area contributed by atoms with E-state index in [0.29, 0.717) is 0 Å². The average molecular weight is 346 g/mol. The monoisotopic (exact) mass is 350 g/mol. The number of hydrogen-bond acceptors (Lipinski definition) is 0. The van der Waals surface area contributed by atoms with E-state index in [1.54, 1.807) is 0 Å². The van der Waals surface area contributed by atoms with Gasteiger partial charge in [0, 0.05) is 48.6 Å². The Morgan fingerprint density at radius 2 is 1.42 bits per heavy atom. The molecule has 0 saturated carbocycles. The molecule has 0 aromatic heterocycles. The van der Waals surface area contributed by atoms with E-state index in [1.807, 2.05) is 0 Å². The molecular weight excluding hydrogens is 337 g/mol. The number of nitrogens with zero attached hydrogens (tertiary/aromatic N) is 2. The summed E-state index contributed by atoms with van der Waals surface area (Å²) in [7, 11) is 2.65. The van der Waals surface area contributed by atoms with E-state index in [-0.39, 0.29) is 42.1 Å². The molecule has 0 aromatic carbocycles. The van der Waals surface area contributed by atoms with Gasteiger partial charge in [0.2, 0.25) is 0 Å². The summed E-state index contributed by atoms with van der Waals surface area (Å²) >= 11 is 0. The van der Waals surface area contributed by atoms with Crippen molar-refractivity contribution in [3.63, 3.8) is 0 Å². The first-order valence-electron chi connectivity index (χ1n) is 2.74. The van der Waals surface area contributed by atoms with E-state index < -0.39 is 18.8 Å². The third-order valence-electron chi connectivity index (χ3n) is 1.01. The first-order valence-corrected chi connectivity index (χ1v) is 2.74. The SMILES string of the molecule is C[N-]C(CC(F)(F)F)[N-]C.[Mo].[Mo]. The Balaban J connectivity index is -0.000000405. The van der Waals surface area contributed by atoms with Gasteiger partial charge < -0.3 is 10.6 Å². The van der Waals surface area contributed by atoms with E-state index in [4.69, 9.17) is 0 Å². The molecule has 0 spiro atoms. The fourth-order valence-corrected chi connectivity index (χ4v) is 0.505. The molecule has 0 fully saturated rings. The average Bonchev–Trinajstić information content (AvgIpc) is 1.81. The van der Waals surface area contributed by atoms with Crippen LogP contribution in [0.1, 0.15) is 6.42 Å². The van der Waals surface area contributed by atoms with Crippen LogP contribution >= 0.6 is 0 Å². The van der Waals surface area contributed by atoms with E-state index in [2.05, 4.69) is 10.6 Å². The van der Waals surface area contributed by atoms with Crippen molar-refractivity contribution in [3.05, 3.63) is 10.6 Å². The van der Waals surface area contributed by atoms with Crippen LogP contribution in [0.3, 0.4) is 0 Å². The normalized spacial score (nSPS) is 10.5. The van der Waals surface area contributed by atoms with Crippen LogP contribution in [0.25, 0.3) is 10.6 Å². The first-order chi connectivity index (χ1) is 4.49. The topological polar surface area (TPSA) is 28.2 Å². The Kier molecular flexibility index (Phi) is 13.6. The second kappa shape index (κ2) is 8.67. The molecule has 0 aliphatic carbocycles. The minimum absolute atomic E-state index is 0. The molecule has 0 rings (SSSR count). The zero-order chi connectivity index (χ0) is 8.20. The number of halogens is 3. The summed E-state index contributed by atoms with van der Waals surface area (Å²) in [5.41, 5.74) is 0. The molecule has 0 aromatic rings. The van der Waals surface area contributed by atoms with Crippen LogP contribution in [0.15, 0.2) is 0 Å². The van der Waals surface area contributed by atoms with Gasteiger partial charge in [-0.15, -0.1) is 0 Å². The zero-order valence-electron chi connectivity index (χ0n) is 6.63. The van der Waals surface area contributed by atoms with Gasteiger partial charge in [-0.25, -0.2) is 6.17 Å². The van der Waals surface area contributed by atoms with Gasteiger partial charge in [0.15, 0.2) is 0 Å². The third kappa shape index (κ3) is 11.1. The second-order valence-electron chi connectivity index (χ2n) is 1.82. The van der Waals surface area contributed by atoms with Crippen molar-refractivity contribution < 1.29 is 55.3 Å². The molecule has 0 heterocycles. The van der Waals surface area contributed by atoms with Crippen LogP contribution < -0.4 is 0 Å². The first kappa shape index (κ1) is 18.8. The van der Waals surface area contributed by atoms with Crippen molar-refractivity contribution in [1.82, 2.24) is 0 Å². The van der Waals surface area contributed by atoms with Crippen molar-refractivity contribution in [1.29, 1.82) is 0 Å². The van der Waals surface area contributed by atoms with Gasteiger partial charge in [0.05, 0.1) is 0 Å². The molecule has 0 aliphatic rings. The molecular formula is C5H9F3Mo2N2-2. The molecule has 0 N–H and O–H groups in total. The Morgan fingerprint density at radius 3 is 1.50 bits per heavy atom. The van der Waals surface area contributed by atoms with Crippen LogP contribution in [0, 0.1) is 0 Å². The number of hydrogen-bond donors (Lipinski definition) is 0. The Morgan fingerprint density at radius 1 is 1.08 bits per heavy atom. The summed E-state index contributed by atoms with van der Waals surface area (Å²) in [5, 5.41) is 6.81. The third-order valence-corrected chi connectivity index (χ3v) is 1.01. The summed E-state index contributed by atoms with van der Waals surface area (Å²) in [6, 6.07) is 0. The maximum absolute atomic E-state index is 11.6. The second-order valence-corrected chi connectivity index (χ2v) is 1.82. The predicted octanol–water partition coefficient (Wildman–Crippen LogP) is 2.27. The van der Waals surface area contributed by atoms with Gasteiger partial charge in [-0.3, -0.25) is 0 Å². The maximum Gasteiger partial charge on any atom is 0.386 e. The summed E-state index contributed by atoms with van der Waals surface area (Å²) in [6.07, 6.45) is -6.05. The van der Waals surface area contributed by atoms with Gasteiger partial charge in [-0.2, -0.15) is 27.3 Å². The summed E-state index contributed by atoms with van der Waals surface area (Å²) in [4.78, 5) is 0. The molecule has 0 atom stereocenters.